The number of nitrogens with zero attached hydrogens (tertiary/aromatic N) is 3. The van der Waals surface area contributed by atoms with E-state index in [1.165, 1.54) is 0 Å². The maximum atomic E-state index is 12.7. The van der Waals surface area contributed by atoms with E-state index in [2.05, 4.69) is 10.3 Å². The molecule has 1 fully saturated rings. The predicted molar refractivity (Wildman–Crippen MR) is 117 cm³/mol. The second-order valence-corrected chi connectivity index (χ2v) is 8.01. The molecule has 3 N–H and O–H groups in total. The largest absolute Gasteiger partial charge is 0.487 e. The number of carbonyl (C=O) groups is 2. The van der Waals surface area contributed by atoms with E-state index in [9.17, 15) is 9.59 Å². The first-order valence-corrected chi connectivity index (χ1v) is 10.4. The Morgan fingerprint density at radius 1 is 1.19 bits per heavy atom. The molecular formula is C23H27N5O3. The van der Waals surface area contributed by atoms with E-state index in [-0.39, 0.29) is 24.4 Å². The number of fused-ring (bicyclic) bond motifs is 1. The van der Waals surface area contributed by atoms with E-state index in [0.717, 1.165) is 42.8 Å². The number of amides is 2. The minimum Gasteiger partial charge on any atom is -0.487 e. The van der Waals surface area contributed by atoms with Gasteiger partial charge in [0.05, 0.1) is 12.2 Å². The van der Waals surface area contributed by atoms with Crippen molar-refractivity contribution in [2.24, 2.45) is 5.73 Å². The molecule has 3 aromatic rings. The Bertz CT molecular complexity index is 1090. The van der Waals surface area contributed by atoms with Crippen LogP contribution in [0.4, 0.5) is 0 Å². The van der Waals surface area contributed by atoms with Gasteiger partial charge >= 0.3 is 0 Å². The minimum absolute atomic E-state index is 0.0858. The first-order chi connectivity index (χ1) is 15.0. The first-order valence-electron chi connectivity index (χ1n) is 10.4. The van der Waals surface area contributed by atoms with E-state index >= 15 is 0 Å². The average Bonchev–Trinajstić information content (AvgIpc) is 3.15. The molecule has 0 saturated carbocycles. The molecule has 162 valence electrons. The van der Waals surface area contributed by atoms with Crippen LogP contribution in [-0.2, 0) is 11.4 Å². The number of pyridine rings is 1. The predicted octanol–water partition coefficient (Wildman–Crippen LogP) is 1.90. The number of likely N-dealkylation sites (tertiary alicyclic amines) is 1. The summed E-state index contributed by atoms with van der Waals surface area (Å²) in [6.45, 7) is 4.12. The third-order valence-corrected chi connectivity index (χ3v) is 5.43. The van der Waals surface area contributed by atoms with E-state index in [1.54, 1.807) is 12.1 Å². The van der Waals surface area contributed by atoms with Crippen molar-refractivity contribution < 1.29 is 14.3 Å². The minimum atomic E-state index is -0.321. The summed E-state index contributed by atoms with van der Waals surface area (Å²) in [5, 5.41) is 3.08. The highest BCUT2D eigenvalue weighted by atomic mass is 16.5. The van der Waals surface area contributed by atoms with E-state index in [1.807, 2.05) is 52.9 Å². The van der Waals surface area contributed by atoms with Crippen molar-refractivity contribution in [3.8, 4) is 5.75 Å². The second-order valence-electron chi connectivity index (χ2n) is 8.01. The lowest BCUT2D eigenvalue weighted by Gasteiger charge is -2.31. The normalized spacial score (nSPS) is 15.1. The lowest BCUT2D eigenvalue weighted by molar-refractivity contribution is -0.119. The van der Waals surface area contributed by atoms with Gasteiger partial charge in [-0.25, -0.2) is 4.98 Å². The zero-order chi connectivity index (χ0) is 21.8. The molecule has 31 heavy (non-hydrogen) atoms. The summed E-state index contributed by atoms with van der Waals surface area (Å²) in [4.78, 5) is 30.3. The lowest BCUT2D eigenvalue weighted by Crippen LogP contribution is -2.46. The fourth-order valence-corrected chi connectivity index (χ4v) is 3.83. The van der Waals surface area contributed by atoms with Crippen molar-refractivity contribution in [2.45, 2.75) is 32.4 Å². The van der Waals surface area contributed by atoms with Crippen molar-refractivity contribution in [1.82, 2.24) is 19.6 Å². The number of nitrogens with one attached hydrogen (secondary N) is 1. The number of aryl methyl sites for hydroxylation is 1. The van der Waals surface area contributed by atoms with Crippen LogP contribution in [0.25, 0.3) is 5.65 Å². The fourth-order valence-electron chi connectivity index (χ4n) is 3.83. The van der Waals surface area contributed by atoms with Crippen LogP contribution in [0.2, 0.25) is 0 Å². The van der Waals surface area contributed by atoms with Gasteiger partial charge < -0.3 is 20.2 Å². The molecule has 1 saturated heterocycles. The first kappa shape index (κ1) is 20.9. The number of hydrogen-bond acceptors (Lipinski definition) is 5. The van der Waals surface area contributed by atoms with Gasteiger partial charge in [-0.2, -0.15) is 0 Å². The van der Waals surface area contributed by atoms with Gasteiger partial charge in [-0.3, -0.25) is 14.5 Å². The molecule has 3 heterocycles. The van der Waals surface area contributed by atoms with Crippen LogP contribution < -0.4 is 15.8 Å². The van der Waals surface area contributed by atoms with Gasteiger partial charge in [0.15, 0.2) is 0 Å². The van der Waals surface area contributed by atoms with Gasteiger partial charge in [0, 0.05) is 37.1 Å². The zero-order valence-corrected chi connectivity index (χ0v) is 17.6. The molecule has 1 aliphatic heterocycles. The smallest absolute Gasteiger partial charge is 0.251 e. The van der Waals surface area contributed by atoms with Gasteiger partial charge in [-0.1, -0.05) is 12.1 Å². The summed E-state index contributed by atoms with van der Waals surface area (Å²) in [5.74, 6) is 0.178. The number of benzene rings is 1. The number of piperidine rings is 1. The number of primary amides is 1. The summed E-state index contributed by atoms with van der Waals surface area (Å²) >= 11 is 0. The van der Waals surface area contributed by atoms with E-state index in [4.69, 9.17) is 10.5 Å². The van der Waals surface area contributed by atoms with Crippen molar-refractivity contribution in [1.29, 1.82) is 0 Å². The summed E-state index contributed by atoms with van der Waals surface area (Å²) in [5.41, 5.74) is 8.67. The van der Waals surface area contributed by atoms with Crippen molar-refractivity contribution in [3.63, 3.8) is 0 Å². The topological polar surface area (TPSA) is 102 Å². The van der Waals surface area contributed by atoms with Crippen LogP contribution in [0.1, 0.15) is 34.5 Å². The maximum Gasteiger partial charge on any atom is 0.251 e. The van der Waals surface area contributed by atoms with Crippen LogP contribution >= 0.6 is 0 Å². The van der Waals surface area contributed by atoms with E-state index < -0.39 is 0 Å². The number of ether oxygens (including phenoxy) is 1. The molecule has 0 radical (unpaired) electrons. The molecule has 0 bridgehead atoms. The number of hydrogen-bond donors (Lipinski definition) is 2. The Labute approximate surface area is 181 Å². The lowest BCUT2D eigenvalue weighted by atomic mass is 10.0. The number of nitrogens with two attached hydrogens (primary N) is 1. The standard InChI is InChI=1S/C23H27N5O3/c1-16-5-6-22-25-19(13-28(22)12-16)15-31-20-4-2-3-17(11-20)23(30)26-18-7-9-27(10-8-18)14-21(24)29/h2-6,11-13,18H,7-10,14-15H2,1H3,(H2,24,29)(H,26,30). The Kier molecular flexibility index (Phi) is 6.18. The molecule has 1 aliphatic rings. The van der Waals surface area contributed by atoms with Gasteiger partial charge in [-0.15, -0.1) is 0 Å². The Morgan fingerprint density at radius 3 is 2.77 bits per heavy atom. The van der Waals surface area contributed by atoms with Crippen molar-refractivity contribution in [3.05, 3.63) is 65.6 Å². The van der Waals surface area contributed by atoms with Crippen LogP contribution in [0.5, 0.6) is 5.75 Å². The molecule has 8 heteroatoms. The summed E-state index contributed by atoms with van der Waals surface area (Å²) in [6.07, 6.45) is 5.56. The van der Waals surface area contributed by atoms with E-state index in [0.29, 0.717) is 17.9 Å². The molecule has 1 aromatic carbocycles. The molecule has 4 rings (SSSR count). The third-order valence-electron chi connectivity index (χ3n) is 5.43. The Hall–Kier alpha value is -3.39. The number of rotatable bonds is 7. The molecule has 2 aromatic heterocycles. The molecule has 0 spiro atoms. The van der Waals surface area contributed by atoms with Gasteiger partial charge in [0.2, 0.25) is 5.91 Å². The second kappa shape index (κ2) is 9.18. The van der Waals surface area contributed by atoms with Gasteiger partial charge in [0.1, 0.15) is 18.0 Å². The van der Waals surface area contributed by atoms with Crippen LogP contribution in [0, 0.1) is 6.92 Å². The average molecular weight is 422 g/mol. The van der Waals surface area contributed by atoms with Gasteiger partial charge in [-0.05, 0) is 49.6 Å². The summed E-state index contributed by atoms with van der Waals surface area (Å²) in [7, 11) is 0. The highest BCUT2D eigenvalue weighted by Gasteiger charge is 2.22. The number of carbonyl (C=O) groups excluding carboxylic acids is 2. The highest BCUT2D eigenvalue weighted by molar-refractivity contribution is 5.94. The molecule has 2 amide bonds. The molecule has 0 unspecified atom stereocenters. The van der Waals surface area contributed by atoms with Gasteiger partial charge in [0.25, 0.3) is 5.91 Å². The van der Waals surface area contributed by atoms with Crippen LogP contribution in [-0.4, -0.2) is 51.8 Å². The molecular weight excluding hydrogens is 394 g/mol. The van der Waals surface area contributed by atoms with Crippen LogP contribution in [0.15, 0.2) is 48.8 Å². The zero-order valence-electron chi connectivity index (χ0n) is 17.6. The maximum absolute atomic E-state index is 12.7. The molecule has 0 atom stereocenters. The fraction of sp³-hybridized carbons (Fsp3) is 0.348. The van der Waals surface area contributed by atoms with Crippen molar-refractivity contribution in [2.75, 3.05) is 19.6 Å². The SMILES string of the molecule is Cc1ccc2nc(COc3cccc(C(=O)NC4CCN(CC(N)=O)CC4)c3)cn2c1. The van der Waals surface area contributed by atoms with Crippen molar-refractivity contribution >= 4 is 17.5 Å². The Balaban J connectivity index is 1.32. The monoisotopic (exact) mass is 421 g/mol. The molecule has 8 nitrogen and oxygen atoms in total. The summed E-state index contributed by atoms with van der Waals surface area (Å²) in [6, 6.07) is 11.3. The third kappa shape index (κ3) is 5.40. The number of imidazole rings is 1. The number of aromatic nitrogens is 2. The summed E-state index contributed by atoms with van der Waals surface area (Å²) < 4.78 is 7.86. The Morgan fingerprint density at radius 2 is 2.00 bits per heavy atom. The molecule has 0 aliphatic carbocycles. The van der Waals surface area contributed by atoms with Crippen LogP contribution in [0.3, 0.4) is 0 Å². The highest BCUT2D eigenvalue weighted by Crippen LogP contribution is 2.17. The quantitative estimate of drug-likeness (QED) is 0.607.